The summed E-state index contributed by atoms with van der Waals surface area (Å²) in [5.74, 6) is 0.830. The summed E-state index contributed by atoms with van der Waals surface area (Å²) in [5.41, 5.74) is 13.8. The Morgan fingerprint density at radius 3 is 2.76 bits per heavy atom. The molecule has 1 aliphatic rings. The Labute approximate surface area is 170 Å². The van der Waals surface area contributed by atoms with Gasteiger partial charge in [-0.05, 0) is 41.8 Å². The van der Waals surface area contributed by atoms with Gasteiger partial charge in [-0.3, -0.25) is 4.90 Å². The van der Waals surface area contributed by atoms with Crippen LogP contribution in [-0.4, -0.2) is 27.9 Å². The first-order valence-electron chi connectivity index (χ1n) is 9.91. The number of methoxy groups -OCH3 is 1. The van der Waals surface area contributed by atoms with E-state index in [4.69, 9.17) is 15.5 Å². The number of imidazole rings is 1. The van der Waals surface area contributed by atoms with E-state index in [1.807, 2.05) is 36.5 Å². The molecule has 5 heteroatoms. The molecule has 4 aromatic rings. The number of aromatic nitrogens is 2. The lowest BCUT2D eigenvalue weighted by atomic mass is 9.99. The fourth-order valence-electron chi connectivity index (χ4n) is 4.16. The van der Waals surface area contributed by atoms with Gasteiger partial charge < -0.3 is 14.9 Å². The summed E-state index contributed by atoms with van der Waals surface area (Å²) in [4.78, 5) is 7.42. The van der Waals surface area contributed by atoms with Gasteiger partial charge in [-0.15, -0.1) is 0 Å². The molecular formula is C24H24N4O. The van der Waals surface area contributed by atoms with E-state index in [-0.39, 0.29) is 0 Å². The third kappa shape index (κ3) is 3.34. The van der Waals surface area contributed by atoms with Crippen molar-refractivity contribution in [2.24, 2.45) is 0 Å². The van der Waals surface area contributed by atoms with Gasteiger partial charge in [0, 0.05) is 37.1 Å². The van der Waals surface area contributed by atoms with E-state index < -0.39 is 0 Å². The van der Waals surface area contributed by atoms with Crippen molar-refractivity contribution in [3.63, 3.8) is 0 Å². The zero-order chi connectivity index (χ0) is 19.8. The number of ether oxygens (including phenoxy) is 1. The Kier molecular flexibility index (Phi) is 4.45. The van der Waals surface area contributed by atoms with Crippen molar-refractivity contribution in [1.82, 2.24) is 14.3 Å². The van der Waals surface area contributed by atoms with Gasteiger partial charge in [0.1, 0.15) is 11.4 Å². The second kappa shape index (κ2) is 7.26. The molecule has 2 aromatic carbocycles. The first-order chi connectivity index (χ1) is 14.2. The summed E-state index contributed by atoms with van der Waals surface area (Å²) in [7, 11) is 1.69. The van der Waals surface area contributed by atoms with Crippen molar-refractivity contribution in [2.45, 2.75) is 19.5 Å². The van der Waals surface area contributed by atoms with Crippen LogP contribution in [0.3, 0.4) is 0 Å². The minimum absolute atomic E-state index is 0.734. The lowest BCUT2D eigenvalue weighted by Crippen LogP contribution is -2.30. The van der Waals surface area contributed by atoms with Gasteiger partial charge in [0.25, 0.3) is 0 Å². The molecule has 0 aliphatic carbocycles. The first kappa shape index (κ1) is 17.8. The molecule has 0 unspecified atom stereocenters. The third-order valence-corrected chi connectivity index (χ3v) is 5.67. The summed E-state index contributed by atoms with van der Waals surface area (Å²) < 4.78 is 7.56. The predicted molar refractivity (Wildman–Crippen MR) is 116 cm³/mol. The maximum Gasteiger partial charge on any atom is 0.137 e. The largest absolute Gasteiger partial charge is 0.497 e. The van der Waals surface area contributed by atoms with E-state index in [1.165, 1.54) is 11.1 Å². The second-order valence-corrected chi connectivity index (χ2v) is 7.56. The van der Waals surface area contributed by atoms with E-state index in [1.54, 1.807) is 7.11 Å². The molecule has 146 valence electrons. The fourth-order valence-corrected chi connectivity index (χ4v) is 4.16. The zero-order valence-corrected chi connectivity index (χ0v) is 16.5. The fraction of sp³-hybridized carbons (Fsp3) is 0.208. The maximum atomic E-state index is 6.10. The van der Waals surface area contributed by atoms with Crippen LogP contribution in [0.4, 0.5) is 5.69 Å². The summed E-state index contributed by atoms with van der Waals surface area (Å²) in [6.45, 7) is 2.79. The molecule has 5 nitrogen and oxygen atoms in total. The van der Waals surface area contributed by atoms with Crippen molar-refractivity contribution in [3.8, 4) is 17.0 Å². The molecule has 3 heterocycles. The van der Waals surface area contributed by atoms with Crippen molar-refractivity contribution in [3.05, 3.63) is 83.7 Å². The number of fused-ring (bicyclic) bond motifs is 2. The minimum Gasteiger partial charge on any atom is -0.497 e. The van der Waals surface area contributed by atoms with Crippen LogP contribution < -0.4 is 10.5 Å². The average molecular weight is 384 g/mol. The molecule has 0 atom stereocenters. The van der Waals surface area contributed by atoms with E-state index in [2.05, 4.69) is 39.6 Å². The van der Waals surface area contributed by atoms with Gasteiger partial charge >= 0.3 is 0 Å². The normalized spacial score (nSPS) is 14.1. The van der Waals surface area contributed by atoms with E-state index >= 15 is 0 Å². The lowest BCUT2D eigenvalue weighted by Gasteiger charge is -2.28. The van der Waals surface area contributed by atoms with Gasteiger partial charge in [-0.25, -0.2) is 4.98 Å². The van der Waals surface area contributed by atoms with Crippen LogP contribution in [0.5, 0.6) is 5.75 Å². The standard InChI is InChI=1S/C24H24N4O/c1-29-21-8-4-7-18(13-21)24-22(28-15-20(25)9-10-23(28)26-24)16-27-12-11-17-5-2-3-6-19(17)14-27/h2-10,13,15H,11-12,14,16,25H2,1H3. The van der Waals surface area contributed by atoms with Crippen LogP contribution in [-0.2, 0) is 19.5 Å². The van der Waals surface area contributed by atoms with Gasteiger partial charge in [0.2, 0.25) is 0 Å². The maximum absolute atomic E-state index is 6.10. The third-order valence-electron chi connectivity index (χ3n) is 5.67. The average Bonchev–Trinajstić information content (AvgIpc) is 3.11. The highest BCUT2D eigenvalue weighted by molar-refractivity contribution is 5.68. The number of nitrogens with two attached hydrogens (primary N) is 1. The molecular weight excluding hydrogens is 360 g/mol. The Bertz CT molecular complexity index is 1180. The number of pyridine rings is 1. The van der Waals surface area contributed by atoms with Gasteiger partial charge in [-0.2, -0.15) is 0 Å². The summed E-state index contributed by atoms with van der Waals surface area (Å²) >= 11 is 0. The van der Waals surface area contributed by atoms with Gasteiger partial charge in [-0.1, -0.05) is 36.4 Å². The van der Waals surface area contributed by atoms with Crippen molar-refractivity contribution in [1.29, 1.82) is 0 Å². The summed E-state index contributed by atoms with van der Waals surface area (Å²) in [6.07, 6.45) is 3.04. The topological polar surface area (TPSA) is 55.8 Å². The molecule has 5 rings (SSSR count). The molecule has 0 radical (unpaired) electrons. The number of hydrogen-bond acceptors (Lipinski definition) is 4. The predicted octanol–water partition coefficient (Wildman–Crippen LogP) is 4.15. The molecule has 0 spiro atoms. The number of nitrogens with zero attached hydrogens (tertiary/aromatic N) is 3. The van der Waals surface area contributed by atoms with E-state index in [0.717, 1.165) is 60.1 Å². The number of rotatable bonds is 4. The van der Waals surface area contributed by atoms with Crippen molar-refractivity contribution >= 4 is 11.3 Å². The molecule has 0 fully saturated rings. The SMILES string of the molecule is COc1cccc(-c2nc3ccc(N)cn3c2CN2CCc3ccccc3C2)c1. The van der Waals surface area contributed by atoms with Gasteiger partial charge in [0.05, 0.1) is 18.5 Å². The van der Waals surface area contributed by atoms with Crippen molar-refractivity contribution in [2.75, 3.05) is 19.4 Å². The van der Waals surface area contributed by atoms with E-state index in [9.17, 15) is 0 Å². The second-order valence-electron chi connectivity index (χ2n) is 7.56. The van der Waals surface area contributed by atoms with Crippen LogP contribution in [0.2, 0.25) is 0 Å². The smallest absolute Gasteiger partial charge is 0.137 e. The minimum atomic E-state index is 0.734. The quantitative estimate of drug-likeness (QED) is 0.574. The van der Waals surface area contributed by atoms with Crippen molar-refractivity contribution < 1.29 is 4.74 Å². The molecule has 29 heavy (non-hydrogen) atoms. The number of benzene rings is 2. The molecule has 1 aliphatic heterocycles. The van der Waals surface area contributed by atoms with Crippen LogP contribution in [0.25, 0.3) is 16.9 Å². The highest BCUT2D eigenvalue weighted by Gasteiger charge is 2.21. The Hall–Kier alpha value is -3.31. The number of anilines is 1. The zero-order valence-electron chi connectivity index (χ0n) is 16.5. The Morgan fingerprint density at radius 2 is 1.90 bits per heavy atom. The molecule has 0 amide bonds. The summed E-state index contributed by atoms with van der Waals surface area (Å²) in [5, 5.41) is 0. The molecule has 2 N–H and O–H groups in total. The Balaban J connectivity index is 1.57. The van der Waals surface area contributed by atoms with Gasteiger partial charge in [0.15, 0.2) is 0 Å². The molecule has 0 bridgehead atoms. The highest BCUT2D eigenvalue weighted by Crippen LogP contribution is 2.30. The monoisotopic (exact) mass is 384 g/mol. The molecule has 2 aromatic heterocycles. The number of nitrogen functional groups attached to an aromatic ring is 1. The number of hydrogen-bond donors (Lipinski definition) is 1. The molecule has 0 saturated carbocycles. The van der Waals surface area contributed by atoms with Crippen LogP contribution in [0.1, 0.15) is 16.8 Å². The van der Waals surface area contributed by atoms with Crippen LogP contribution in [0, 0.1) is 0 Å². The molecule has 0 saturated heterocycles. The Morgan fingerprint density at radius 1 is 1.03 bits per heavy atom. The highest BCUT2D eigenvalue weighted by atomic mass is 16.5. The first-order valence-corrected chi connectivity index (χ1v) is 9.91. The summed E-state index contributed by atoms with van der Waals surface area (Å²) in [6, 6.07) is 20.7. The van der Waals surface area contributed by atoms with E-state index in [0.29, 0.717) is 0 Å². The van der Waals surface area contributed by atoms with Crippen LogP contribution >= 0.6 is 0 Å². The van der Waals surface area contributed by atoms with Crippen LogP contribution in [0.15, 0.2) is 66.9 Å². The lowest BCUT2D eigenvalue weighted by molar-refractivity contribution is 0.242.